The van der Waals surface area contributed by atoms with Gasteiger partial charge in [0.05, 0.1) is 36.4 Å². The molecule has 0 aromatic heterocycles. The van der Waals surface area contributed by atoms with E-state index in [9.17, 15) is 24.8 Å². The van der Waals surface area contributed by atoms with Crippen LogP contribution >= 0.6 is 0 Å². The molecule has 2 amide bonds. The first-order chi connectivity index (χ1) is 23.1. The molecule has 5 aliphatic rings. The van der Waals surface area contributed by atoms with Gasteiger partial charge in [-0.15, -0.1) is 0 Å². The van der Waals surface area contributed by atoms with Crippen LogP contribution in [-0.2, 0) is 17.6 Å². The molecule has 5 heterocycles. The quantitative estimate of drug-likeness (QED) is 0.251. The summed E-state index contributed by atoms with van der Waals surface area (Å²) in [6.45, 7) is 4.86. The second kappa shape index (κ2) is 10.7. The van der Waals surface area contributed by atoms with Crippen molar-refractivity contribution in [3.63, 3.8) is 0 Å². The van der Waals surface area contributed by atoms with Gasteiger partial charge in [0.1, 0.15) is 11.8 Å². The van der Waals surface area contributed by atoms with Gasteiger partial charge in [0.15, 0.2) is 23.0 Å². The lowest BCUT2D eigenvalue weighted by Gasteiger charge is -2.60. The van der Waals surface area contributed by atoms with Crippen molar-refractivity contribution in [1.82, 2.24) is 14.7 Å². The second-order valence-corrected chi connectivity index (χ2v) is 13.1. The van der Waals surface area contributed by atoms with E-state index in [4.69, 9.17) is 18.9 Å². The molecule has 0 saturated carbocycles. The van der Waals surface area contributed by atoms with Crippen LogP contribution in [0.4, 0.5) is 0 Å². The second-order valence-electron chi connectivity index (χ2n) is 13.1. The number of ether oxygens (including phenoxy) is 4. The summed E-state index contributed by atoms with van der Waals surface area (Å²) in [5.74, 6) is 0.250. The van der Waals surface area contributed by atoms with Gasteiger partial charge in [-0.2, -0.15) is 5.26 Å². The van der Waals surface area contributed by atoms with E-state index in [2.05, 4.69) is 15.9 Å². The highest BCUT2D eigenvalue weighted by Crippen LogP contribution is 2.58. The van der Waals surface area contributed by atoms with Crippen LogP contribution in [0.1, 0.15) is 73.1 Å². The number of nitrogens with zero attached hydrogens (tertiary/aromatic N) is 4. The van der Waals surface area contributed by atoms with E-state index in [0.717, 1.165) is 11.1 Å². The molecule has 12 heteroatoms. The van der Waals surface area contributed by atoms with Crippen molar-refractivity contribution < 1.29 is 38.4 Å². The van der Waals surface area contributed by atoms with Crippen molar-refractivity contribution in [2.45, 2.75) is 63.8 Å². The van der Waals surface area contributed by atoms with Crippen LogP contribution in [0.3, 0.4) is 0 Å². The number of aromatic hydroxyl groups is 1. The summed E-state index contributed by atoms with van der Waals surface area (Å²) >= 11 is 0. The first-order valence-electron chi connectivity index (χ1n) is 15.9. The molecule has 0 radical (unpaired) electrons. The van der Waals surface area contributed by atoms with E-state index in [0.29, 0.717) is 69.2 Å². The highest BCUT2D eigenvalue weighted by atomic mass is 16.7. The number of imide groups is 1. The molecule has 3 unspecified atom stereocenters. The number of carbonyl (C=O) groups excluding carboxylic acids is 3. The van der Waals surface area contributed by atoms with Crippen molar-refractivity contribution in [3.8, 4) is 34.8 Å². The Hall–Kier alpha value is -5.12. The maximum atomic E-state index is 13.8. The van der Waals surface area contributed by atoms with E-state index in [1.807, 2.05) is 20.0 Å². The van der Waals surface area contributed by atoms with E-state index in [1.54, 1.807) is 31.2 Å². The van der Waals surface area contributed by atoms with Crippen LogP contribution in [0.15, 0.2) is 30.3 Å². The largest absolute Gasteiger partial charge is 0.504 e. The Morgan fingerprint density at radius 2 is 1.73 bits per heavy atom. The van der Waals surface area contributed by atoms with E-state index < -0.39 is 42.0 Å². The number of likely N-dealkylation sites (N-methyl/N-ethyl adjacent to an activating group) is 1. The third-order valence-electron chi connectivity index (χ3n) is 10.7. The number of amides is 2. The number of methoxy groups -OCH3 is 1. The minimum Gasteiger partial charge on any atom is -0.504 e. The Kier molecular flexibility index (Phi) is 6.74. The number of rotatable bonds is 4. The molecule has 5 atom stereocenters. The predicted molar refractivity (Wildman–Crippen MR) is 169 cm³/mol. The number of phenols is 1. The molecule has 8 rings (SSSR count). The van der Waals surface area contributed by atoms with Crippen LogP contribution in [0.5, 0.6) is 28.7 Å². The number of aryl methyl sites for hydroxylation is 1. The lowest BCUT2D eigenvalue weighted by molar-refractivity contribution is -0.132. The van der Waals surface area contributed by atoms with Crippen LogP contribution in [0.2, 0.25) is 0 Å². The molecule has 3 aromatic carbocycles. The molecule has 1 N–H and O–H groups in total. The Morgan fingerprint density at radius 3 is 2.38 bits per heavy atom. The number of esters is 1. The molecule has 3 aromatic rings. The zero-order valence-electron chi connectivity index (χ0n) is 27.2. The number of fused-ring (bicyclic) bond motifs is 10. The number of phenolic OH excluding ortho intramolecular Hbond substituents is 1. The number of benzene rings is 3. The van der Waals surface area contributed by atoms with Crippen molar-refractivity contribution in [1.29, 1.82) is 5.26 Å². The van der Waals surface area contributed by atoms with Crippen molar-refractivity contribution >= 4 is 17.8 Å². The third kappa shape index (κ3) is 3.98. The molecule has 2 bridgehead atoms. The van der Waals surface area contributed by atoms with Gasteiger partial charge < -0.3 is 24.1 Å². The third-order valence-corrected chi connectivity index (χ3v) is 10.7. The number of hydrogen-bond donors (Lipinski definition) is 1. The molecule has 1 saturated heterocycles. The Bertz CT molecular complexity index is 1970. The van der Waals surface area contributed by atoms with E-state index in [1.165, 1.54) is 18.9 Å². The fraction of sp³-hybridized carbons (Fsp3) is 0.389. The van der Waals surface area contributed by atoms with Crippen molar-refractivity contribution in [2.24, 2.45) is 0 Å². The monoisotopic (exact) mass is 650 g/mol. The molecule has 0 spiro atoms. The van der Waals surface area contributed by atoms with Gasteiger partial charge in [-0.25, -0.2) is 0 Å². The predicted octanol–water partition coefficient (Wildman–Crippen LogP) is 3.74. The van der Waals surface area contributed by atoms with Crippen molar-refractivity contribution in [2.75, 3.05) is 27.5 Å². The Labute approximate surface area is 276 Å². The SMILES string of the molecule is COc1c(C)cc2c(c1O)C1C3Cc4c(OC(C)=O)c(C)c5c(c4C(CN4C(=O)c6ccccc6C4=O)N3[C@@H](C#N)[C@@H](C2)N1C)OCO5. The minimum absolute atomic E-state index is 0.0444. The van der Waals surface area contributed by atoms with E-state index in [-0.39, 0.29) is 25.1 Å². The summed E-state index contributed by atoms with van der Waals surface area (Å²) in [4.78, 5) is 45.6. The van der Waals surface area contributed by atoms with Crippen LogP contribution in [0, 0.1) is 25.2 Å². The van der Waals surface area contributed by atoms with E-state index >= 15 is 0 Å². The van der Waals surface area contributed by atoms with Gasteiger partial charge in [0.2, 0.25) is 6.79 Å². The topological polar surface area (TPSA) is 142 Å². The molecular weight excluding hydrogens is 616 g/mol. The average Bonchev–Trinajstić information content (AvgIpc) is 3.64. The molecule has 48 heavy (non-hydrogen) atoms. The van der Waals surface area contributed by atoms with Crippen LogP contribution in [-0.4, -0.2) is 83.2 Å². The Morgan fingerprint density at radius 1 is 1.04 bits per heavy atom. The Balaban J connectivity index is 1.38. The highest BCUT2D eigenvalue weighted by molar-refractivity contribution is 6.21. The minimum atomic E-state index is -0.745. The number of nitriles is 1. The molecule has 5 aliphatic heterocycles. The summed E-state index contributed by atoms with van der Waals surface area (Å²) in [5.41, 5.74) is 4.94. The highest BCUT2D eigenvalue weighted by Gasteiger charge is 2.57. The zero-order valence-corrected chi connectivity index (χ0v) is 27.2. The number of piperazine rings is 1. The smallest absolute Gasteiger partial charge is 0.308 e. The molecule has 246 valence electrons. The molecular formula is C36H34N4O8. The molecule has 0 aliphatic carbocycles. The standard InChI is InChI=1S/C36H34N4O8/c1-16-10-19-11-23-25(13-37)40-24(29(38(23)4)27(19)30(42)31(16)45-5)12-22-28(34-33(46-15-47-34)17(2)32(22)48-18(3)41)26(40)14-39-35(43)20-8-6-7-9-21(20)36(39)44/h6-10,23-26,29,42H,11-12,14-15H2,1-5H3/t23-,24?,25+,26?,29?/m1/s1. The van der Waals surface area contributed by atoms with Crippen LogP contribution in [0.25, 0.3) is 0 Å². The maximum Gasteiger partial charge on any atom is 0.308 e. The van der Waals surface area contributed by atoms with Crippen LogP contribution < -0.4 is 18.9 Å². The summed E-state index contributed by atoms with van der Waals surface area (Å²) in [5, 5.41) is 22.6. The molecule has 1 fully saturated rings. The van der Waals surface area contributed by atoms with Gasteiger partial charge in [-0.05, 0) is 57.0 Å². The maximum absolute atomic E-state index is 13.8. The summed E-state index contributed by atoms with van der Waals surface area (Å²) in [6.07, 6.45) is 0.794. The lowest BCUT2D eigenvalue weighted by Crippen LogP contribution is -2.68. The first kappa shape index (κ1) is 30.2. The zero-order chi connectivity index (χ0) is 33.8. The van der Waals surface area contributed by atoms with Gasteiger partial charge >= 0.3 is 5.97 Å². The number of hydrogen-bond acceptors (Lipinski definition) is 11. The fourth-order valence-corrected chi connectivity index (χ4v) is 8.87. The normalized spacial score (nSPS) is 25.2. The van der Waals surface area contributed by atoms with Gasteiger partial charge in [0, 0.05) is 47.8 Å². The van der Waals surface area contributed by atoms with Gasteiger partial charge in [-0.3, -0.25) is 29.1 Å². The first-order valence-corrected chi connectivity index (χ1v) is 15.9. The molecule has 12 nitrogen and oxygen atoms in total. The fourth-order valence-electron chi connectivity index (χ4n) is 8.87. The van der Waals surface area contributed by atoms with Crippen molar-refractivity contribution in [3.05, 3.63) is 74.8 Å². The van der Waals surface area contributed by atoms with Gasteiger partial charge in [0.25, 0.3) is 11.8 Å². The summed E-state index contributed by atoms with van der Waals surface area (Å²) in [6, 6.07) is 8.71. The average molecular weight is 651 g/mol. The van der Waals surface area contributed by atoms with Gasteiger partial charge in [-0.1, -0.05) is 18.2 Å². The lowest BCUT2D eigenvalue weighted by atomic mass is 9.71. The summed E-state index contributed by atoms with van der Waals surface area (Å²) in [7, 11) is 3.48. The summed E-state index contributed by atoms with van der Waals surface area (Å²) < 4.78 is 23.6. The number of carbonyl (C=O) groups is 3.